The molecule has 0 aromatic rings. The van der Waals surface area contributed by atoms with Gasteiger partial charge in [0, 0.05) is 24.3 Å². The predicted octanol–water partition coefficient (Wildman–Crippen LogP) is 1.98. The largest absolute Gasteiger partial charge is 0.299 e. The normalized spacial score (nSPS) is 12.3. The molecule has 0 saturated heterocycles. The van der Waals surface area contributed by atoms with Crippen LogP contribution in [0.5, 0.6) is 0 Å². The molecule has 0 rings (SSSR count). The molecule has 0 atom stereocenters. The number of halogens is 1. The Kier molecular flexibility index (Phi) is 5.88. The summed E-state index contributed by atoms with van der Waals surface area (Å²) in [5, 5.41) is 0. The van der Waals surface area contributed by atoms with Crippen LogP contribution in [0, 0.1) is 0 Å². The maximum Gasteiger partial charge on any atom is 0.299 e. The highest BCUT2D eigenvalue weighted by Gasteiger charge is 2.11. The Bertz CT molecular complexity index is 203. The average molecular weight is 214 g/mol. The van der Waals surface area contributed by atoms with Gasteiger partial charge >= 0.3 is 0 Å². The molecular weight excluding hydrogens is 198 g/mol. The maximum atomic E-state index is 10.7. The fourth-order valence-electron chi connectivity index (χ4n) is 0.870. The lowest BCUT2D eigenvalue weighted by Crippen LogP contribution is -2.23. The van der Waals surface area contributed by atoms with Crippen LogP contribution in [0.3, 0.4) is 0 Å². The van der Waals surface area contributed by atoms with E-state index in [4.69, 9.17) is 10.7 Å². The van der Waals surface area contributed by atoms with Gasteiger partial charge in [-0.25, -0.2) is 0 Å². The van der Waals surface area contributed by atoms with E-state index in [1.165, 1.54) is 11.4 Å². The van der Waals surface area contributed by atoms with Gasteiger partial charge in [-0.15, -0.1) is 0 Å². The Morgan fingerprint density at radius 2 is 1.83 bits per heavy atom. The van der Waals surface area contributed by atoms with Crippen molar-refractivity contribution in [2.45, 2.75) is 32.6 Å². The van der Waals surface area contributed by atoms with Crippen molar-refractivity contribution in [1.29, 1.82) is 0 Å². The summed E-state index contributed by atoms with van der Waals surface area (Å²) >= 11 is 0. The second kappa shape index (κ2) is 5.78. The molecule has 74 valence electrons. The summed E-state index contributed by atoms with van der Waals surface area (Å²) in [6.45, 7) is 2.63. The van der Waals surface area contributed by atoms with Crippen LogP contribution in [0.4, 0.5) is 0 Å². The topological polar surface area (TPSA) is 37.4 Å². The Morgan fingerprint density at radius 1 is 1.25 bits per heavy atom. The Morgan fingerprint density at radius 3 is 2.25 bits per heavy atom. The third kappa shape index (κ3) is 5.80. The van der Waals surface area contributed by atoms with E-state index in [2.05, 4.69) is 6.92 Å². The first-order valence-corrected chi connectivity index (χ1v) is 6.41. The second-order valence-corrected chi connectivity index (χ2v) is 5.44. The van der Waals surface area contributed by atoms with Gasteiger partial charge in [0.25, 0.3) is 9.24 Å². The third-order valence-electron chi connectivity index (χ3n) is 1.70. The van der Waals surface area contributed by atoms with E-state index in [0.29, 0.717) is 6.54 Å². The van der Waals surface area contributed by atoms with Gasteiger partial charge in [0.05, 0.1) is 0 Å². The molecule has 0 aromatic heterocycles. The smallest absolute Gasteiger partial charge is 0.195 e. The molecule has 0 N–H and O–H groups in total. The van der Waals surface area contributed by atoms with E-state index in [1.54, 1.807) is 0 Å². The van der Waals surface area contributed by atoms with Crippen molar-refractivity contribution in [1.82, 2.24) is 4.31 Å². The monoisotopic (exact) mass is 213 g/mol. The van der Waals surface area contributed by atoms with Gasteiger partial charge in [0.2, 0.25) is 0 Å². The summed E-state index contributed by atoms with van der Waals surface area (Å²) in [5.41, 5.74) is 0. The highest BCUT2D eigenvalue weighted by atomic mass is 35.7. The molecular formula is C7H16ClNO2S. The number of hydrogen-bond donors (Lipinski definition) is 0. The van der Waals surface area contributed by atoms with Gasteiger partial charge in [-0.2, -0.15) is 12.7 Å². The van der Waals surface area contributed by atoms with Crippen molar-refractivity contribution < 1.29 is 8.42 Å². The van der Waals surface area contributed by atoms with E-state index in [-0.39, 0.29) is 0 Å². The van der Waals surface area contributed by atoms with Gasteiger partial charge in [-0.3, -0.25) is 0 Å². The standard InChI is InChI=1S/C7H16ClNO2S/c1-3-4-5-6-7-9(2)12(8,10)11/h3-7H2,1-2H3. The van der Waals surface area contributed by atoms with Crippen LogP contribution in [0.1, 0.15) is 32.6 Å². The summed E-state index contributed by atoms with van der Waals surface area (Å²) < 4.78 is 22.5. The van der Waals surface area contributed by atoms with E-state index in [9.17, 15) is 8.42 Å². The zero-order chi connectivity index (χ0) is 9.61. The molecule has 0 fully saturated rings. The fourth-order valence-corrected chi connectivity index (χ4v) is 1.42. The first kappa shape index (κ1) is 12.2. The minimum Gasteiger partial charge on any atom is -0.195 e. The first-order chi connectivity index (χ1) is 5.48. The predicted molar refractivity (Wildman–Crippen MR) is 51.5 cm³/mol. The maximum absolute atomic E-state index is 10.7. The third-order valence-corrected chi connectivity index (χ3v) is 3.33. The molecule has 0 unspecified atom stereocenters. The van der Waals surface area contributed by atoms with Crippen LogP contribution in [-0.4, -0.2) is 26.3 Å². The van der Waals surface area contributed by atoms with E-state index < -0.39 is 9.24 Å². The van der Waals surface area contributed by atoms with Crippen LogP contribution < -0.4 is 0 Å². The second-order valence-electron chi connectivity index (χ2n) is 2.82. The fraction of sp³-hybridized carbons (Fsp3) is 1.00. The quantitative estimate of drug-likeness (QED) is 0.500. The van der Waals surface area contributed by atoms with Crippen LogP contribution in [0.25, 0.3) is 0 Å². The number of nitrogens with zero attached hydrogens (tertiary/aromatic N) is 1. The lowest BCUT2D eigenvalue weighted by atomic mass is 10.2. The number of rotatable bonds is 6. The first-order valence-electron chi connectivity index (χ1n) is 4.14. The highest BCUT2D eigenvalue weighted by Crippen LogP contribution is 2.06. The van der Waals surface area contributed by atoms with Crippen molar-refractivity contribution in [2.75, 3.05) is 13.6 Å². The zero-order valence-corrected chi connectivity index (χ0v) is 9.16. The van der Waals surface area contributed by atoms with Crippen molar-refractivity contribution in [3.63, 3.8) is 0 Å². The minimum atomic E-state index is -3.48. The number of hydrogen-bond acceptors (Lipinski definition) is 2. The van der Waals surface area contributed by atoms with Crippen LogP contribution >= 0.6 is 10.7 Å². The lowest BCUT2D eigenvalue weighted by Gasteiger charge is -2.10. The van der Waals surface area contributed by atoms with Gasteiger partial charge in [0.15, 0.2) is 0 Å². The summed E-state index contributed by atoms with van der Waals surface area (Å²) in [6, 6.07) is 0. The minimum absolute atomic E-state index is 0.520. The molecule has 3 nitrogen and oxygen atoms in total. The Labute approximate surface area is 79.3 Å². The molecule has 0 spiro atoms. The Balaban J connectivity index is 3.52. The molecule has 0 aromatic carbocycles. The van der Waals surface area contributed by atoms with Gasteiger partial charge in [-0.1, -0.05) is 26.2 Å². The molecule has 0 aliphatic heterocycles. The molecule has 12 heavy (non-hydrogen) atoms. The Hall–Kier alpha value is 0.200. The van der Waals surface area contributed by atoms with Crippen LogP contribution in [-0.2, 0) is 9.24 Å². The van der Waals surface area contributed by atoms with Crippen molar-refractivity contribution >= 4 is 19.9 Å². The van der Waals surface area contributed by atoms with Crippen molar-refractivity contribution in [3.05, 3.63) is 0 Å². The lowest BCUT2D eigenvalue weighted by molar-refractivity contribution is 0.462. The van der Waals surface area contributed by atoms with E-state index in [0.717, 1.165) is 25.7 Å². The van der Waals surface area contributed by atoms with Crippen molar-refractivity contribution in [2.24, 2.45) is 0 Å². The van der Waals surface area contributed by atoms with Gasteiger partial charge in [-0.05, 0) is 6.42 Å². The SMILES string of the molecule is CCCCCCN(C)S(=O)(=O)Cl. The van der Waals surface area contributed by atoms with E-state index >= 15 is 0 Å². The molecule has 0 bridgehead atoms. The van der Waals surface area contributed by atoms with Crippen molar-refractivity contribution in [3.8, 4) is 0 Å². The summed E-state index contributed by atoms with van der Waals surface area (Å²) in [4.78, 5) is 0. The zero-order valence-electron chi connectivity index (χ0n) is 7.59. The summed E-state index contributed by atoms with van der Waals surface area (Å²) in [5.74, 6) is 0. The summed E-state index contributed by atoms with van der Waals surface area (Å²) in [6.07, 6.45) is 4.25. The molecule has 5 heteroatoms. The van der Waals surface area contributed by atoms with Gasteiger partial charge < -0.3 is 0 Å². The molecule has 0 heterocycles. The van der Waals surface area contributed by atoms with Crippen LogP contribution in [0.2, 0.25) is 0 Å². The molecule has 0 aliphatic carbocycles. The molecule has 0 amide bonds. The number of unbranched alkanes of at least 4 members (excludes halogenated alkanes) is 3. The summed E-state index contributed by atoms with van der Waals surface area (Å²) in [7, 11) is 3.10. The highest BCUT2D eigenvalue weighted by molar-refractivity contribution is 8.11. The van der Waals surface area contributed by atoms with E-state index in [1.807, 2.05) is 0 Å². The molecule has 0 radical (unpaired) electrons. The van der Waals surface area contributed by atoms with Crippen LogP contribution in [0.15, 0.2) is 0 Å². The van der Waals surface area contributed by atoms with Gasteiger partial charge in [0.1, 0.15) is 0 Å². The molecule has 0 aliphatic rings. The average Bonchev–Trinajstić information content (AvgIpc) is 1.96. The molecule has 0 saturated carbocycles.